The average Bonchev–Trinajstić information content (AvgIpc) is 2.86. The Bertz CT molecular complexity index is 888. The molecule has 0 fully saturated rings. The summed E-state index contributed by atoms with van der Waals surface area (Å²) in [7, 11) is 0. The molecular weight excluding hydrogens is 259 g/mol. The van der Waals surface area contributed by atoms with E-state index in [1.807, 2.05) is 18.2 Å². The minimum atomic E-state index is 0.260. The van der Waals surface area contributed by atoms with Crippen LogP contribution in [0.3, 0.4) is 0 Å². The van der Waals surface area contributed by atoms with Gasteiger partial charge in [0.1, 0.15) is 23.0 Å². The fourth-order valence-corrected chi connectivity index (χ4v) is 3.99. The molecule has 0 radical (unpaired) electrons. The summed E-state index contributed by atoms with van der Waals surface area (Å²) in [5.74, 6) is 3.80. The summed E-state index contributed by atoms with van der Waals surface area (Å²) in [6.45, 7) is 0.260. The minimum Gasteiger partial charge on any atom is -0.458 e. The van der Waals surface area contributed by atoms with E-state index in [4.69, 9.17) is 9.47 Å². The van der Waals surface area contributed by atoms with Crippen molar-refractivity contribution in [1.29, 1.82) is 0 Å². The Labute approximate surface area is 122 Å². The number of benzene rings is 3. The highest BCUT2D eigenvalue weighted by Crippen LogP contribution is 2.40. The van der Waals surface area contributed by atoms with Gasteiger partial charge in [0.25, 0.3) is 6.71 Å². The number of rotatable bonds is 0. The van der Waals surface area contributed by atoms with E-state index in [0.717, 1.165) is 23.0 Å². The van der Waals surface area contributed by atoms with Gasteiger partial charge in [-0.25, -0.2) is 0 Å². The third-order valence-electron chi connectivity index (χ3n) is 4.75. The molecule has 0 saturated carbocycles. The number of hydrogen-bond acceptors (Lipinski definition) is 2. The maximum atomic E-state index is 6.13. The van der Waals surface area contributed by atoms with Crippen LogP contribution < -0.4 is 25.9 Å². The van der Waals surface area contributed by atoms with Crippen molar-refractivity contribution in [2.45, 2.75) is 0 Å². The maximum Gasteiger partial charge on any atom is 0.262 e. The first-order valence-electron chi connectivity index (χ1n) is 7.16. The monoisotopic (exact) mass is 268 g/mol. The summed E-state index contributed by atoms with van der Waals surface area (Å²) in [6, 6.07) is 18.7. The molecule has 0 unspecified atom stereocenters. The largest absolute Gasteiger partial charge is 0.458 e. The van der Waals surface area contributed by atoms with Crippen LogP contribution in [0.15, 0.2) is 54.6 Å². The predicted molar refractivity (Wildman–Crippen MR) is 83.1 cm³/mol. The lowest BCUT2D eigenvalue weighted by molar-refractivity contribution is 0.465. The van der Waals surface area contributed by atoms with Gasteiger partial charge in [0.2, 0.25) is 0 Å². The molecule has 0 aromatic heterocycles. The van der Waals surface area contributed by atoms with E-state index in [9.17, 15) is 0 Å². The van der Waals surface area contributed by atoms with Gasteiger partial charge in [-0.15, -0.1) is 0 Å². The van der Waals surface area contributed by atoms with Gasteiger partial charge in [-0.3, -0.25) is 0 Å². The molecule has 3 heteroatoms. The Morgan fingerprint density at radius 3 is 1.48 bits per heavy atom. The quantitative estimate of drug-likeness (QED) is 0.394. The highest BCUT2D eigenvalue weighted by Gasteiger charge is 2.46. The lowest BCUT2D eigenvalue weighted by atomic mass is 9.37. The van der Waals surface area contributed by atoms with E-state index in [2.05, 4.69) is 36.4 Å². The molecule has 3 heterocycles. The first-order valence-corrected chi connectivity index (χ1v) is 7.16. The average molecular weight is 268 g/mol. The fraction of sp³-hybridized carbons (Fsp3) is 0. The second kappa shape index (κ2) is 3.14. The van der Waals surface area contributed by atoms with E-state index < -0.39 is 0 Å². The summed E-state index contributed by atoms with van der Waals surface area (Å²) in [5.41, 5.74) is 6.32. The molecule has 0 atom stereocenters. The highest BCUT2D eigenvalue weighted by atomic mass is 16.5. The van der Waals surface area contributed by atoms with Crippen LogP contribution in [-0.2, 0) is 0 Å². The topological polar surface area (TPSA) is 18.5 Å². The first kappa shape index (κ1) is 10.1. The lowest BCUT2D eigenvalue weighted by Crippen LogP contribution is -2.54. The molecule has 0 spiro atoms. The smallest absolute Gasteiger partial charge is 0.262 e. The Morgan fingerprint density at radius 1 is 0.524 bits per heavy atom. The van der Waals surface area contributed by atoms with Crippen LogP contribution in [0.5, 0.6) is 23.0 Å². The van der Waals surface area contributed by atoms with Gasteiger partial charge < -0.3 is 9.47 Å². The molecule has 0 aliphatic carbocycles. The van der Waals surface area contributed by atoms with E-state index in [1.54, 1.807) is 0 Å². The van der Waals surface area contributed by atoms with Gasteiger partial charge in [-0.2, -0.15) is 0 Å². The summed E-state index contributed by atoms with van der Waals surface area (Å²) in [5, 5.41) is 0. The Balaban J connectivity index is 1.86. The van der Waals surface area contributed by atoms with Crippen molar-refractivity contribution in [3.8, 4) is 34.1 Å². The Kier molecular flexibility index (Phi) is 1.51. The fourth-order valence-electron chi connectivity index (χ4n) is 3.99. The predicted octanol–water partition coefficient (Wildman–Crippen LogP) is 2.39. The summed E-state index contributed by atoms with van der Waals surface area (Å²) in [4.78, 5) is 0. The molecule has 3 aliphatic heterocycles. The maximum absolute atomic E-state index is 6.13. The van der Waals surface area contributed by atoms with Gasteiger partial charge in [0, 0.05) is 5.46 Å². The molecule has 0 bridgehead atoms. The zero-order valence-corrected chi connectivity index (χ0v) is 11.1. The standard InChI is InChI=1S/C18H9BO2/c1-4-10-11-5-2-7-13-17(11)19-16(10)12(6-1)20-14-8-3-9-15(21-13)18(14)19/h1-9H. The van der Waals surface area contributed by atoms with E-state index in [-0.39, 0.29) is 6.71 Å². The van der Waals surface area contributed by atoms with Crippen molar-refractivity contribution >= 4 is 23.1 Å². The van der Waals surface area contributed by atoms with E-state index in [1.165, 1.54) is 27.5 Å². The Hall–Kier alpha value is -2.68. The number of hydrogen-bond donors (Lipinski definition) is 0. The molecule has 21 heavy (non-hydrogen) atoms. The van der Waals surface area contributed by atoms with Crippen LogP contribution in [-0.4, -0.2) is 6.71 Å². The molecule has 0 amide bonds. The molecule has 6 rings (SSSR count). The molecule has 0 N–H and O–H groups in total. The SMILES string of the molecule is c1cc2c3c(c1)Oc1cccc4c1B3c1c(cccc1-4)O2. The van der Waals surface area contributed by atoms with Crippen molar-refractivity contribution in [1.82, 2.24) is 0 Å². The van der Waals surface area contributed by atoms with Gasteiger partial charge in [-0.05, 0) is 46.3 Å². The van der Waals surface area contributed by atoms with Gasteiger partial charge in [0.15, 0.2) is 0 Å². The van der Waals surface area contributed by atoms with Crippen molar-refractivity contribution in [3.63, 3.8) is 0 Å². The van der Waals surface area contributed by atoms with E-state index >= 15 is 0 Å². The van der Waals surface area contributed by atoms with E-state index in [0.29, 0.717) is 0 Å². The molecule has 2 nitrogen and oxygen atoms in total. The summed E-state index contributed by atoms with van der Waals surface area (Å²) in [6.07, 6.45) is 0. The second-order valence-corrected chi connectivity index (χ2v) is 5.74. The molecule has 0 saturated heterocycles. The summed E-state index contributed by atoms with van der Waals surface area (Å²) >= 11 is 0. The van der Waals surface area contributed by atoms with Crippen LogP contribution in [0.1, 0.15) is 0 Å². The first-order chi connectivity index (χ1) is 10.4. The molecule has 3 aromatic rings. The van der Waals surface area contributed by atoms with Gasteiger partial charge in [0.05, 0.1) is 0 Å². The second-order valence-electron chi connectivity index (χ2n) is 5.74. The molecule has 3 aromatic carbocycles. The third-order valence-corrected chi connectivity index (χ3v) is 4.75. The lowest BCUT2D eigenvalue weighted by Gasteiger charge is -2.30. The summed E-state index contributed by atoms with van der Waals surface area (Å²) < 4.78 is 12.3. The highest BCUT2D eigenvalue weighted by molar-refractivity contribution is 7.01. The van der Waals surface area contributed by atoms with Crippen molar-refractivity contribution in [2.75, 3.05) is 0 Å². The third kappa shape index (κ3) is 1.01. The van der Waals surface area contributed by atoms with Crippen LogP contribution >= 0.6 is 0 Å². The Morgan fingerprint density at radius 2 is 0.952 bits per heavy atom. The molecule has 3 aliphatic rings. The number of ether oxygens (including phenoxy) is 2. The number of fused-ring (bicyclic) bond motifs is 1. The van der Waals surface area contributed by atoms with Crippen molar-refractivity contribution in [2.24, 2.45) is 0 Å². The normalized spacial score (nSPS) is 14.4. The molecule has 96 valence electrons. The van der Waals surface area contributed by atoms with Crippen molar-refractivity contribution < 1.29 is 9.47 Å². The molecular formula is C18H9BO2. The zero-order chi connectivity index (χ0) is 13.6. The van der Waals surface area contributed by atoms with Gasteiger partial charge >= 0.3 is 0 Å². The van der Waals surface area contributed by atoms with Gasteiger partial charge in [-0.1, -0.05) is 30.3 Å². The van der Waals surface area contributed by atoms with Crippen LogP contribution in [0, 0.1) is 0 Å². The van der Waals surface area contributed by atoms with Crippen LogP contribution in [0.4, 0.5) is 0 Å². The zero-order valence-electron chi connectivity index (χ0n) is 11.1. The van der Waals surface area contributed by atoms with Crippen LogP contribution in [0.25, 0.3) is 11.1 Å². The van der Waals surface area contributed by atoms with Crippen LogP contribution in [0.2, 0.25) is 0 Å². The van der Waals surface area contributed by atoms with Crippen molar-refractivity contribution in [3.05, 3.63) is 54.6 Å². The minimum absolute atomic E-state index is 0.260.